The van der Waals surface area contributed by atoms with Gasteiger partial charge in [0.1, 0.15) is 18.6 Å². The van der Waals surface area contributed by atoms with Gasteiger partial charge in [-0.1, -0.05) is 11.6 Å². The van der Waals surface area contributed by atoms with Crippen LogP contribution in [0.1, 0.15) is 12.0 Å². The molecule has 0 amide bonds. The van der Waals surface area contributed by atoms with Crippen molar-refractivity contribution in [2.24, 2.45) is 0 Å². The Morgan fingerprint density at radius 1 is 1.29 bits per heavy atom. The van der Waals surface area contributed by atoms with Crippen molar-refractivity contribution >= 4 is 23.4 Å². The predicted molar refractivity (Wildman–Crippen MR) is 68.8 cm³/mol. The third-order valence-electron chi connectivity index (χ3n) is 2.47. The Bertz CT molecular complexity index is 445. The van der Waals surface area contributed by atoms with Crippen molar-refractivity contribution in [3.05, 3.63) is 22.7 Å². The second kappa shape index (κ2) is 6.04. The summed E-state index contributed by atoms with van der Waals surface area (Å²) in [6.45, 7) is 1.15. The first kappa shape index (κ1) is 12.4. The number of hydrogen-bond donors (Lipinski definition) is 0. The number of nitriles is 1. The number of fused-ring (bicyclic) bond motifs is 1. The average Bonchev–Trinajstić information content (AvgIpc) is 2.35. The molecule has 2 rings (SSSR count). The lowest BCUT2D eigenvalue weighted by atomic mass is 10.1. The van der Waals surface area contributed by atoms with Crippen molar-refractivity contribution in [2.45, 2.75) is 12.8 Å². The van der Waals surface area contributed by atoms with E-state index in [0.717, 1.165) is 35.7 Å². The molecule has 0 aliphatic carbocycles. The quantitative estimate of drug-likeness (QED) is 0.622. The molecule has 0 bridgehead atoms. The summed E-state index contributed by atoms with van der Waals surface area (Å²) in [6, 6.07) is 3.75. The molecule has 1 aromatic rings. The maximum atomic E-state index is 8.43. The lowest BCUT2D eigenvalue weighted by Crippen LogP contribution is -2.15. The molecule has 0 atom stereocenters. The standard InChI is InChI=1S/C12H12ClNO2S/c13-10-7-12-11(15-3-4-16-12)6-9(10)2-1-5-17-8-14/h6-7H,1-5H2. The van der Waals surface area contributed by atoms with Gasteiger partial charge in [-0.15, -0.1) is 0 Å². The van der Waals surface area contributed by atoms with Crippen LogP contribution in [-0.4, -0.2) is 19.0 Å². The molecular formula is C12H12ClNO2S. The van der Waals surface area contributed by atoms with E-state index in [9.17, 15) is 0 Å². The first-order chi connectivity index (χ1) is 8.31. The number of aryl methyl sites for hydroxylation is 1. The van der Waals surface area contributed by atoms with Crippen LogP contribution < -0.4 is 9.47 Å². The zero-order chi connectivity index (χ0) is 12.1. The summed E-state index contributed by atoms with van der Waals surface area (Å²) in [5, 5.41) is 11.2. The average molecular weight is 270 g/mol. The van der Waals surface area contributed by atoms with E-state index in [1.165, 1.54) is 11.8 Å². The lowest BCUT2D eigenvalue weighted by Gasteiger charge is -2.19. The van der Waals surface area contributed by atoms with Crippen LogP contribution in [-0.2, 0) is 6.42 Å². The highest BCUT2D eigenvalue weighted by Gasteiger charge is 2.14. The van der Waals surface area contributed by atoms with Gasteiger partial charge in [0.15, 0.2) is 11.5 Å². The van der Waals surface area contributed by atoms with Crippen molar-refractivity contribution in [1.29, 1.82) is 5.26 Å². The molecule has 0 saturated carbocycles. The third-order valence-corrected chi connectivity index (χ3v) is 3.44. The number of hydrogen-bond acceptors (Lipinski definition) is 4. The number of nitrogens with zero attached hydrogens (tertiary/aromatic N) is 1. The molecule has 0 aromatic heterocycles. The maximum Gasteiger partial charge on any atom is 0.162 e. The topological polar surface area (TPSA) is 42.2 Å². The molecule has 5 heteroatoms. The Labute approximate surface area is 110 Å². The molecule has 0 fully saturated rings. The number of benzene rings is 1. The SMILES string of the molecule is N#CSCCCc1cc2c(cc1Cl)OCCO2. The lowest BCUT2D eigenvalue weighted by molar-refractivity contribution is 0.171. The van der Waals surface area contributed by atoms with Crippen LogP contribution in [0, 0.1) is 10.7 Å². The molecule has 1 aliphatic heterocycles. The highest BCUT2D eigenvalue weighted by Crippen LogP contribution is 2.35. The summed E-state index contributed by atoms with van der Waals surface area (Å²) >= 11 is 7.44. The Balaban J connectivity index is 2.04. The summed E-state index contributed by atoms with van der Waals surface area (Å²) in [7, 11) is 0. The van der Waals surface area contributed by atoms with Crippen molar-refractivity contribution in [2.75, 3.05) is 19.0 Å². The molecule has 0 unspecified atom stereocenters. The van der Waals surface area contributed by atoms with E-state index in [1.807, 2.05) is 12.1 Å². The predicted octanol–water partition coefficient (Wildman–Crippen LogP) is 3.26. The first-order valence-corrected chi connectivity index (χ1v) is 6.76. The smallest absolute Gasteiger partial charge is 0.162 e. The van der Waals surface area contributed by atoms with Crippen molar-refractivity contribution in [3.63, 3.8) is 0 Å². The minimum Gasteiger partial charge on any atom is -0.486 e. The molecule has 0 radical (unpaired) electrons. The number of thioether (sulfide) groups is 1. The van der Waals surface area contributed by atoms with Crippen LogP contribution in [0.4, 0.5) is 0 Å². The Morgan fingerprint density at radius 3 is 2.71 bits per heavy atom. The van der Waals surface area contributed by atoms with Crippen LogP contribution >= 0.6 is 23.4 Å². The van der Waals surface area contributed by atoms with Gasteiger partial charge in [0, 0.05) is 16.8 Å². The number of halogens is 1. The van der Waals surface area contributed by atoms with E-state index in [2.05, 4.69) is 5.40 Å². The zero-order valence-electron chi connectivity index (χ0n) is 9.24. The molecule has 0 spiro atoms. The van der Waals surface area contributed by atoms with Gasteiger partial charge in [-0.3, -0.25) is 0 Å². The Hall–Kier alpha value is -1.05. The van der Waals surface area contributed by atoms with Crippen LogP contribution in [0.3, 0.4) is 0 Å². The molecule has 3 nitrogen and oxygen atoms in total. The molecule has 0 saturated heterocycles. The summed E-state index contributed by atoms with van der Waals surface area (Å²) in [5.74, 6) is 2.31. The summed E-state index contributed by atoms with van der Waals surface area (Å²) < 4.78 is 11.0. The maximum absolute atomic E-state index is 8.43. The van der Waals surface area contributed by atoms with Crippen LogP contribution in [0.2, 0.25) is 5.02 Å². The number of ether oxygens (including phenoxy) is 2. The van der Waals surface area contributed by atoms with E-state index in [1.54, 1.807) is 0 Å². The normalized spacial score (nSPS) is 13.2. The van der Waals surface area contributed by atoms with Crippen LogP contribution in [0.25, 0.3) is 0 Å². The van der Waals surface area contributed by atoms with Gasteiger partial charge in [0.05, 0.1) is 0 Å². The van der Waals surface area contributed by atoms with E-state index in [4.69, 9.17) is 26.3 Å². The Kier molecular flexibility index (Phi) is 4.41. The second-order valence-electron chi connectivity index (χ2n) is 3.63. The van der Waals surface area contributed by atoms with Crippen molar-refractivity contribution < 1.29 is 9.47 Å². The monoisotopic (exact) mass is 269 g/mol. The van der Waals surface area contributed by atoms with Gasteiger partial charge in [0.25, 0.3) is 0 Å². The summed E-state index contributed by atoms with van der Waals surface area (Å²) in [6.07, 6.45) is 1.78. The van der Waals surface area contributed by atoms with E-state index in [-0.39, 0.29) is 0 Å². The molecular weight excluding hydrogens is 258 g/mol. The van der Waals surface area contributed by atoms with Crippen LogP contribution in [0.5, 0.6) is 11.5 Å². The molecule has 1 heterocycles. The van der Waals surface area contributed by atoms with Gasteiger partial charge >= 0.3 is 0 Å². The van der Waals surface area contributed by atoms with E-state index in [0.29, 0.717) is 18.2 Å². The molecule has 90 valence electrons. The third kappa shape index (κ3) is 3.21. The van der Waals surface area contributed by atoms with Crippen molar-refractivity contribution in [1.82, 2.24) is 0 Å². The first-order valence-electron chi connectivity index (χ1n) is 5.40. The van der Waals surface area contributed by atoms with Gasteiger partial charge in [-0.05, 0) is 36.2 Å². The number of thiocyanates is 1. The van der Waals surface area contributed by atoms with Crippen LogP contribution in [0.15, 0.2) is 12.1 Å². The fraction of sp³-hybridized carbons (Fsp3) is 0.417. The molecule has 1 aromatic carbocycles. The summed E-state index contributed by atoms with van der Waals surface area (Å²) in [4.78, 5) is 0. The molecule has 1 aliphatic rings. The highest BCUT2D eigenvalue weighted by molar-refractivity contribution is 8.03. The molecule has 17 heavy (non-hydrogen) atoms. The Morgan fingerprint density at radius 2 is 2.00 bits per heavy atom. The van der Waals surface area contributed by atoms with Gasteiger partial charge in [-0.2, -0.15) is 5.26 Å². The largest absolute Gasteiger partial charge is 0.486 e. The fourth-order valence-corrected chi connectivity index (χ4v) is 2.31. The minimum absolute atomic E-state index is 0.571. The minimum atomic E-state index is 0.571. The number of rotatable bonds is 4. The fourth-order valence-electron chi connectivity index (χ4n) is 1.68. The zero-order valence-corrected chi connectivity index (χ0v) is 10.8. The summed E-state index contributed by atoms with van der Waals surface area (Å²) in [5.41, 5.74) is 1.05. The van der Waals surface area contributed by atoms with Crippen molar-refractivity contribution in [3.8, 4) is 16.9 Å². The second-order valence-corrected chi connectivity index (χ2v) is 4.92. The van der Waals surface area contributed by atoms with Gasteiger partial charge in [0.2, 0.25) is 0 Å². The van der Waals surface area contributed by atoms with E-state index < -0.39 is 0 Å². The van der Waals surface area contributed by atoms with E-state index >= 15 is 0 Å². The molecule has 0 N–H and O–H groups in total. The van der Waals surface area contributed by atoms with Gasteiger partial charge < -0.3 is 9.47 Å². The van der Waals surface area contributed by atoms with Gasteiger partial charge in [-0.25, -0.2) is 0 Å². The highest BCUT2D eigenvalue weighted by atomic mass is 35.5.